The van der Waals surface area contributed by atoms with Crippen LogP contribution in [-0.2, 0) is 11.3 Å². The van der Waals surface area contributed by atoms with Gasteiger partial charge in [-0.05, 0) is 42.9 Å². The van der Waals surface area contributed by atoms with Gasteiger partial charge < -0.3 is 24.4 Å². The Labute approximate surface area is 166 Å². The molecule has 0 radical (unpaired) electrons. The van der Waals surface area contributed by atoms with Gasteiger partial charge in [0.1, 0.15) is 0 Å². The van der Waals surface area contributed by atoms with Crippen LogP contribution < -0.4 is 14.8 Å². The molecule has 3 rings (SSSR count). The highest BCUT2D eigenvalue weighted by molar-refractivity contribution is 14.0. The molecule has 1 saturated heterocycles. The Bertz CT molecular complexity index is 577. The van der Waals surface area contributed by atoms with Crippen molar-refractivity contribution >= 4 is 29.9 Å². The lowest BCUT2D eigenvalue weighted by atomic mass is 9.96. The lowest BCUT2D eigenvalue weighted by molar-refractivity contribution is 0.0625. The molecule has 1 aromatic rings. The van der Waals surface area contributed by atoms with E-state index in [4.69, 9.17) is 14.2 Å². The molecule has 1 fully saturated rings. The molecule has 2 aliphatic heterocycles. The number of aliphatic imine (C=N–C) groups is 1. The molecule has 0 spiro atoms. The second-order valence-electron chi connectivity index (χ2n) is 6.35. The average Bonchev–Trinajstić information content (AvgIpc) is 3.09. The van der Waals surface area contributed by atoms with Crippen LogP contribution in [0.1, 0.15) is 24.8 Å². The summed E-state index contributed by atoms with van der Waals surface area (Å²) >= 11 is 0. The van der Waals surface area contributed by atoms with E-state index in [1.807, 2.05) is 19.2 Å². The molecular formula is C18H28IN3O3. The standard InChI is InChI=1S/C18H27N3O3.HI/c1-19-18(21(2)8-5-14-6-9-22-10-7-14)20-12-15-3-4-16-17(11-15)24-13-23-16;/h3-4,11,14H,5-10,12-13H2,1-2H3,(H,19,20);1H. The highest BCUT2D eigenvalue weighted by atomic mass is 127. The van der Waals surface area contributed by atoms with Gasteiger partial charge in [-0.1, -0.05) is 6.07 Å². The third kappa shape index (κ3) is 5.64. The number of ether oxygens (including phenoxy) is 3. The van der Waals surface area contributed by atoms with Gasteiger partial charge in [-0.25, -0.2) is 0 Å². The number of benzene rings is 1. The molecule has 2 aliphatic rings. The molecule has 0 aliphatic carbocycles. The van der Waals surface area contributed by atoms with Crippen molar-refractivity contribution in [2.75, 3.05) is 40.6 Å². The van der Waals surface area contributed by atoms with E-state index in [2.05, 4.69) is 28.3 Å². The number of nitrogens with zero attached hydrogens (tertiary/aromatic N) is 2. The van der Waals surface area contributed by atoms with Gasteiger partial charge in [-0.15, -0.1) is 24.0 Å². The zero-order chi connectivity index (χ0) is 16.8. The summed E-state index contributed by atoms with van der Waals surface area (Å²) in [7, 11) is 3.92. The van der Waals surface area contributed by atoms with Crippen molar-refractivity contribution in [3.05, 3.63) is 23.8 Å². The van der Waals surface area contributed by atoms with Crippen LogP contribution >= 0.6 is 24.0 Å². The molecule has 7 heteroatoms. The molecule has 1 N–H and O–H groups in total. The van der Waals surface area contributed by atoms with Crippen LogP contribution in [0.4, 0.5) is 0 Å². The lowest BCUT2D eigenvalue weighted by Gasteiger charge is -2.26. The maximum atomic E-state index is 5.43. The number of guanidine groups is 1. The fourth-order valence-corrected chi connectivity index (χ4v) is 3.13. The van der Waals surface area contributed by atoms with Crippen LogP contribution in [0.5, 0.6) is 11.5 Å². The molecule has 140 valence electrons. The van der Waals surface area contributed by atoms with Crippen molar-refractivity contribution < 1.29 is 14.2 Å². The second-order valence-corrected chi connectivity index (χ2v) is 6.35. The maximum Gasteiger partial charge on any atom is 0.231 e. The number of halogens is 1. The summed E-state index contributed by atoms with van der Waals surface area (Å²) in [5, 5.41) is 3.42. The Kier molecular flexibility index (Phi) is 8.08. The van der Waals surface area contributed by atoms with Crippen molar-refractivity contribution in [1.29, 1.82) is 0 Å². The van der Waals surface area contributed by atoms with Crippen LogP contribution in [0.15, 0.2) is 23.2 Å². The van der Waals surface area contributed by atoms with Gasteiger partial charge in [-0.2, -0.15) is 0 Å². The third-order valence-corrected chi connectivity index (χ3v) is 4.67. The second kappa shape index (κ2) is 10.1. The van der Waals surface area contributed by atoms with E-state index in [0.717, 1.165) is 48.7 Å². The van der Waals surface area contributed by atoms with Gasteiger partial charge in [0.2, 0.25) is 6.79 Å². The molecule has 0 unspecified atom stereocenters. The average molecular weight is 461 g/mol. The molecule has 1 aromatic carbocycles. The Morgan fingerprint density at radius 2 is 2.00 bits per heavy atom. The van der Waals surface area contributed by atoms with E-state index in [1.54, 1.807) is 0 Å². The quantitative estimate of drug-likeness (QED) is 0.415. The first-order chi connectivity index (χ1) is 11.8. The van der Waals surface area contributed by atoms with Gasteiger partial charge in [-0.3, -0.25) is 4.99 Å². The summed E-state index contributed by atoms with van der Waals surface area (Å²) < 4.78 is 16.2. The molecule has 2 heterocycles. The Morgan fingerprint density at radius 1 is 1.24 bits per heavy atom. The molecule has 0 amide bonds. The van der Waals surface area contributed by atoms with Crippen LogP contribution in [0.25, 0.3) is 0 Å². The summed E-state index contributed by atoms with van der Waals surface area (Å²) in [5.41, 5.74) is 1.15. The Balaban J connectivity index is 0.00000225. The van der Waals surface area contributed by atoms with Crippen LogP contribution in [-0.4, -0.2) is 51.5 Å². The zero-order valence-electron chi connectivity index (χ0n) is 15.0. The molecular weight excluding hydrogens is 433 g/mol. The van der Waals surface area contributed by atoms with E-state index < -0.39 is 0 Å². The largest absolute Gasteiger partial charge is 0.454 e. The van der Waals surface area contributed by atoms with E-state index in [1.165, 1.54) is 19.3 Å². The predicted molar refractivity (Wildman–Crippen MR) is 109 cm³/mol. The summed E-state index contributed by atoms with van der Waals surface area (Å²) in [6, 6.07) is 6.03. The fraction of sp³-hybridized carbons (Fsp3) is 0.611. The topological polar surface area (TPSA) is 55.3 Å². The van der Waals surface area contributed by atoms with Gasteiger partial charge in [0, 0.05) is 40.4 Å². The van der Waals surface area contributed by atoms with Gasteiger partial charge in [0.05, 0.1) is 0 Å². The fourth-order valence-electron chi connectivity index (χ4n) is 3.13. The minimum absolute atomic E-state index is 0. The van der Waals surface area contributed by atoms with Crippen molar-refractivity contribution in [1.82, 2.24) is 10.2 Å². The highest BCUT2D eigenvalue weighted by Crippen LogP contribution is 2.32. The summed E-state index contributed by atoms with van der Waals surface area (Å²) in [4.78, 5) is 6.59. The number of hydrogen-bond acceptors (Lipinski definition) is 4. The molecule has 25 heavy (non-hydrogen) atoms. The van der Waals surface area contributed by atoms with E-state index in [-0.39, 0.29) is 24.0 Å². The summed E-state index contributed by atoms with van der Waals surface area (Å²) in [6.07, 6.45) is 3.54. The van der Waals surface area contributed by atoms with Crippen molar-refractivity contribution in [2.45, 2.75) is 25.8 Å². The number of fused-ring (bicyclic) bond motifs is 1. The van der Waals surface area contributed by atoms with E-state index >= 15 is 0 Å². The monoisotopic (exact) mass is 461 g/mol. The molecule has 0 bridgehead atoms. The number of hydrogen-bond donors (Lipinski definition) is 1. The van der Waals surface area contributed by atoms with Crippen molar-refractivity contribution in [3.8, 4) is 11.5 Å². The predicted octanol–water partition coefficient (Wildman–Crippen LogP) is 2.86. The minimum atomic E-state index is 0. The molecule has 6 nitrogen and oxygen atoms in total. The Hall–Kier alpha value is -1.22. The summed E-state index contributed by atoms with van der Waals surface area (Å²) in [6.45, 7) is 3.84. The van der Waals surface area contributed by atoms with Gasteiger partial charge >= 0.3 is 0 Å². The lowest BCUT2D eigenvalue weighted by Crippen LogP contribution is -2.39. The summed E-state index contributed by atoms with van der Waals surface area (Å²) in [5.74, 6) is 3.32. The normalized spacial score (nSPS) is 17.1. The highest BCUT2D eigenvalue weighted by Gasteiger charge is 2.16. The van der Waals surface area contributed by atoms with Crippen molar-refractivity contribution in [2.24, 2.45) is 10.9 Å². The molecule has 0 aromatic heterocycles. The van der Waals surface area contributed by atoms with Crippen LogP contribution in [0.3, 0.4) is 0 Å². The van der Waals surface area contributed by atoms with Gasteiger partial charge in [0.25, 0.3) is 0 Å². The van der Waals surface area contributed by atoms with E-state index in [0.29, 0.717) is 13.3 Å². The molecule has 0 saturated carbocycles. The first-order valence-corrected chi connectivity index (χ1v) is 8.64. The molecule has 0 atom stereocenters. The van der Waals surface area contributed by atoms with Crippen molar-refractivity contribution in [3.63, 3.8) is 0 Å². The minimum Gasteiger partial charge on any atom is -0.454 e. The van der Waals surface area contributed by atoms with Crippen LogP contribution in [0, 0.1) is 5.92 Å². The smallest absolute Gasteiger partial charge is 0.231 e. The first kappa shape index (κ1) is 20.1. The first-order valence-electron chi connectivity index (χ1n) is 8.64. The maximum absolute atomic E-state index is 5.43. The number of rotatable bonds is 5. The van der Waals surface area contributed by atoms with Crippen LogP contribution in [0.2, 0.25) is 0 Å². The SMILES string of the molecule is CN=C(NCc1ccc2c(c1)OCO2)N(C)CCC1CCOCC1.I. The van der Waals surface area contributed by atoms with E-state index in [9.17, 15) is 0 Å². The number of nitrogens with one attached hydrogen (secondary N) is 1. The third-order valence-electron chi connectivity index (χ3n) is 4.67. The Morgan fingerprint density at radius 3 is 2.76 bits per heavy atom. The zero-order valence-corrected chi connectivity index (χ0v) is 17.3. The van der Waals surface area contributed by atoms with Gasteiger partial charge in [0.15, 0.2) is 17.5 Å².